The fourth-order valence-corrected chi connectivity index (χ4v) is 2.15. The first-order valence-electron chi connectivity index (χ1n) is 5.17. The van der Waals surface area contributed by atoms with E-state index in [1.54, 1.807) is 0 Å². The second-order valence-electron chi connectivity index (χ2n) is 4.04. The summed E-state index contributed by atoms with van der Waals surface area (Å²) in [6, 6.07) is 4.46. The van der Waals surface area contributed by atoms with Crippen LogP contribution in [0.25, 0.3) is 0 Å². The van der Waals surface area contributed by atoms with Crippen LogP contribution in [-0.2, 0) is 13.1 Å². The Labute approximate surface area is 86.1 Å². The molecule has 0 fully saturated rings. The Hall–Kier alpha value is -1.24. The third-order valence-corrected chi connectivity index (χ3v) is 2.98. The molecule has 0 amide bonds. The van der Waals surface area contributed by atoms with Gasteiger partial charge in [0.05, 0.1) is 0 Å². The van der Waals surface area contributed by atoms with Gasteiger partial charge in [-0.1, -0.05) is 18.2 Å². The standard InChI is InChI=1S/C13H17N/c1-4-7-14-8-12-10(2)5-6-11(3)13(12)9-14/h4-7H,8-9H2,1-3H3/b7-4+. The van der Waals surface area contributed by atoms with Gasteiger partial charge in [-0.25, -0.2) is 0 Å². The average Bonchev–Trinajstić information content (AvgIpc) is 2.57. The molecule has 0 aliphatic carbocycles. The molecule has 0 unspecified atom stereocenters. The predicted octanol–water partition coefficient (Wildman–Crippen LogP) is 3.15. The number of hydrogen-bond donors (Lipinski definition) is 0. The summed E-state index contributed by atoms with van der Waals surface area (Å²) >= 11 is 0. The van der Waals surface area contributed by atoms with Crippen LogP contribution in [0.2, 0.25) is 0 Å². The predicted molar refractivity (Wildman–Crippen MR) is 60.0 cm³/mol. The van der Waals surface area contributed by atoms with Crippen LogP contribution in [0.3, 0.4) is 0 Å². The molecule has 1 aliphatic heterocycles. The Morgan fingerprint density at radius 2 is 1.57 bits per heavy atom. The molecule has 0 N–H and O–H groups in total. The molecule has 1 heterocycles. The van der Waals surface area contributed by atoms with E-state index in [1.807, 2.05) is 0 Å². The van der Waals surface area contributed by atoms with Crippen LogP contribution in [0.1, 0.15) is 29.2 Å². The zero-order valence-corrected chi connectivity index (χ0v) is 9.17. The molecule has 0 atom stereocenters. The van der Waals surface area contributed by atoms with Crippen molar-refractivity contribution in [2.45, 2.75) is 33.9 Å². The highest BCUT2D eigenvalue weighted by Gasteiger charge is 2.19. The normalized spacial score (nSPS) is 15.2. The Kier molecular flexibility index (Phi) is 2.32. The van der Waals surface area contributed by atoms with Gasteiger partial charge in [-0.2, -0.15) is 0 Å². The van der Waals surface area contributed by atoms with Gasteiger partial charge in [0.1, 0.15) is 0 Å². The minimum absolute atomic E-state index is 1.08. The molecule has 0 aromatic heterocycles. The van der Waals surface area contributed by atoms with Crippen LogP contribution in [0.5, 0.6) is 0 Å². The minimum Gasteiger partial charge on any atom is -0.369 e. The summed E-state index contributed by atoms with van der Waals surface area (Å²) in [5, 5.41) is 0. The summed E-state index contributed by atoms with van der Waals surface area (Å²) in [5.41, 5.74) is 5.92. The van der Waals surface area contributed by atoms with Gasteiger partial charge in [0.15, 0.2) is 0 Å². The zero-order valence-electron chi connectivity index (χ0n) is 9.17. The van der Waals surface area contributed by atoms with Crippen molar-refractivity contribution < 1.29 is 0 Å². The number of rotatable bonds is 1. The quantitative estimate of drug-likeness (QED) is 0.652. The molecule has 1 aliphatic rings. The SMILES string of the molecule is C/C=C/N1Cc2c(C)ccc(C)c2C1. The lowest BCUT2D eigenvalue weighted by molar-refractivity contribution is 0.398. The van der Waals surface area contributed by atoms with Crippen LogP contribution in [0.4, 0.5) is 0 Å². The van der Waals surface area contributed by atoms with E-state index in [9.17, 15) is 0 Å². The van der Waals surface area contributed by atoms with Crippen molar-refractivity contribution in [2.24, 2.45) is 0 Å². The number of aryl methyl sites for hydroxylation is 2. The van der Waals surface area contributed by atoms with Gasteiger partial charge < -0.3 is 4.90 Å². The summed E-state index contributed by atoms with van der Waals surface area (Å²) in [5.74, 6) is 0. The molecule has 0 spiro atoms. The Morgan fingerprint density at radius 1 is 1.07 bits per heavy atom. The van der Waals surface area contributed by atoms with E-state index in [2.05, 4.69) is 50.1 Å². The highest BCUT2D eigenvalue weighted by atomic mass is 15.1. The minimum atomic E-state index is 1.08. The molecule has 14 heavy (non-hydrogen) atoms. The maximum Gasteiger partial charge on any atom is 0.0433 e. The molecular formula is C13H17N. The van der Waals surface area contributed by atoms with Gasteiger partial charge in [0.25, 0.3) is 0 Å². The van der Waals surface area contributed by atoms with Gasteiger partial charge in [-0.3, -0.25) is 0 Å². The van der Waals surface area contributed by atoms with Crippen LogP contribution in [0.15, 0.2) is 24.4 Å². The van der Waals surface area contributed by atoms with Gasteiger partial charge in [-0.05, 0) is 49.2 Å². The lowest BCUT2D eigenvalue weighted by Gasteiger charge is -2.10. The second-order valence-corrected chi connectivity index (χ2v) is 4.04. The van der Waals surface area contributed by atoms with Gasteiger partial charge in [0, 0.05) is 13.1 Å². The van der Waals surface area contributed by atoms with Crippen molar-refractivity contribution in [3.63, 3.8) is 0 Å². The van der Waals surface area contributed by atoms with E-state index in [0.717, 1.165) is 13.1 Å². The summed E-state index contributed by atoms with van der Waals surface area (Å²) in [6.07, 6.45) is 4.29. The van der Waals surface area contributed by atoms with E-state index < -0.39 is 0 Å². The monoisotopic (exact) mass is 187 g/mol. The van der Waals surface area contributed by atoms with E-state index in [0.29, 0.717) is 0 Å². The number of hydrogen-bond acceptors (Lipinski definition) is 1. The van der Waals surface area contributed by atoms with Crippen molar-refractivity contribution in [3.8, 4) is 0 Å². The third-order valence-electron chi connectivity index (χ3n) is 2.98. The molecule has 1 nitrogen and oxygen atoms in total. The maximum atomic E-state index is 2.37. The molecular weight excluding hydrogens is 170 g/mol. The van der Waals surface area contributed by atoms with Crippen molar-refractivity contribution in [3.05, 3.63) is 46.7 Å². The van der Waals surface area contributed by atoms with Crippen LogP contribution in [-0.4, -0.2) is 4.90 Å². The second kappa shape index (κ2) is 3.49. The smallest absolute Gasteiger partial charge is 0.0433 e. The first-order chi connectivity index (χ1) is 6.72. The Balaban J connectivity index is 2.38. The van der Waals surface area contributed by atoms with Gasteiger partial charge in [-0.15, -0.1) is 0 Å². The zero-order chi connectivity index (χ0) is 10.1. The molecule has 1 aromatic rings. The first kappa shape index (κ1) is 9.32. The summed E-state index contributed by atoms with van der Waals surface area (Å²) < 4.78 is 0. The lowest BCUT2D eigenvalue weighted by atomic mass is 10.0. The van der Waals surface area contributed by atoms with E-state index in [-0.39, 0.29) is 0 Å². The van der Waals surface area contributed by atoms with Crippen molar-refractivity contribution in [1.82, 2.24) is 4.90 Å². The lowest BCUT2D eigenvalue weighted by Crippen LogP contribution is -2.06. The van der Waals surface area contributed by atoms with Crippen LogP contribution in [0, 0.1) is 13.8 Å². The number of benzene rings is 1. The molecule has 2 rings (SSSR count). The number of fused-ring (bicyclic) bond motifs is 1. The topological polar surface area (TPSA) is 3.24 Å². The van der Waals surface area contributed by atoms with E-state index >= 15 is 0 Å². The first-order valence-corrected chi connectivity index (χ1v) is 5.17. The molecule has 1 aromatic carbocycles. The summed E-state index contributed by atoms with van der Waals surface area (Å²) in [7, 11) is 0. The van der Waals surface area contributed by atoms with E-state index in [1.165, 1.54) is 22.3 Å². The van der Waals surface area contributed by atoms with E-state index in [4.69, 9.17) is 0 Å². The number of nitrogens with zero attached hydrogens (tertiary/aromatic N) is 1. The Bertz CT molecular complexity index is 346. The van der Waals surface area contributed by atoms with Crippen molar-refractivity contribution in [2.75, 3.05) is 0 Å². The molecule has 74 valence electrons. The Morgan fingerprint density at radius 3 is 2.00 bits per heavy atom. The third kappa shape index (κ3) is 1.43. The molecule has 0 bridgehead atoms. The maximum absolute atomic E-state index is 2.37. The average molecular weight is 187 g/mol. The molecule has 0 saturated heterocycles. The van der Waals surface area contributed by atoms with Gasteiger partial charge in [0.2, 0.25) is 0 Å². The van der Waals surface area contributed by atoms with Crippen LogP contribution < -0.4 is 0 Å². The molecule has 0 radical (unpaired) electrons. The highest BCUT2D eigenvalue weighted by molar-refractivity contribution is 5.42. The van der Waals surface area contributed by atoms with Crippen molar-refractivity contribution in [1.29, 1.82) is 0 Å². The van der Waals surface area contributed by atoms with Crippen molar-refractivity contribution >= 4 is 0 Å². The fourth-order valence-electron chi connectivity index (χ4n) is 2.15. The van der Waals surface area contributed by atoms with Gasteiger partial charge >= 0.3 is 0 Å². The summed E-state index contributed by atoms with van der Waals surface area (Å²) in [6.45, 7) is 8.64. The fraction of sp³-hybridized carbons (Fsp3) is 0.385. The molecule has 1 heteroatoms. The summed E-state index contributed by atoms with van der Waals surface area (Å²) in [4.78, 5) is 2.37. The number of allylic oxidation sites excluding steroid dienone is 1. The van der Waals surface area contributed by atoms with Crippen LogP contribution >= 0.6 is 0 Å². The molecule has 0 saturated carbocycles. The highest BCUT2D eigenvalue weighted by Crippen LogP contribution is 2.28. The largest absolute Gasteiger partial charge is 0.369 e.